The van der Waals surface area contributed by atoms with Crippen LogP contribution >= 0.6 is 23.2 Å². The van der Waals surface area contributed by atoms with E-state index in [-0.39, 0.29) is 12.5 Å². The van der Waals surface area contributed by atoms with E-state index in [4.69, 9.17) is 27.9 Å². The molecule has 146 valence electrons. The maximum absolute atomic E-state index is 12.5. The minimum absolute atomic E-state index is 0.0138. The first-order valence-corrected chi connectivity index (χ1v) is 9.73. The third-order valence-electron chi connectivity index (χ3n) is 4.83. The quantitative estimate of drug-likeness (QED) is 0.784. The molecule has 0 bridgehead atoms. The van der Waals surface area contributed by atoms with Crippen LogP contribution in [-0.2, 0) is 4.79 Å². The van der Waals surface area contributed by atoms with Crippen LogP contribution < -0.4 is 20.3 Å². The highest BCUT2D eigenvalue weighted by molar-refractivity contribution is 6.42. The summed E-state index contributed by atoms with van der Waals surface area (Å²) in [7, 11) is 0. The molecule has 0 spiro atoms. The fourth-order valence-electron chi connectivity index (χ4n) is 3.31. The molecule has 0 unspecified atom stereocenters. The van der Waals surface area contributed by atoms with Gasteiger partial charge in [0.25, 0.3) is 5.91 Å². The van der Waals surface area contributed by atoms with Crippen molar-refractivity contribution in [3.05, 3.63) is 58.8 Å². The summed E-state index contributed by atoms with van der Waals surface area (Å²) in [4.78, 5) is 16.5. The first kappa shape index (κ1) is 18.8. The molecule has 1 fully saturated rings. The molecule has 1 amide bonds. The number of hydrogen-bond donors (Lipinski definition) is 2. The van der Waals surface area contributed by atoms with Crippen LogP contribution in [0.4, 0.5) is 17.1 Å². The highest BCUT2D eigenvalue weighted by Crippen LogP contribution is 2.33. The van der Waals surface area contributed by atoms with Crippen LogP contribution in [0.2, 0.25) is 10.0 Å². The molecule has 2 aliphatic rings. The normalized spacial score (nSPS) is 15.7. The van der Waals surface area contributed by atoms with E-state index in [1.807, 2.05) is 35.2 Å². The zero-order valence-corrected chi connectivity index (χ0v) is 16.7. The zero-order chi connectivity index (χ0) is 19.7. The van der Waals surface area contributed by atoms with Gasteiger partial charge in [0.2, 0.25) is 0 Å². The van der Waals surface area contributed by atoms with Crippen molar-refractivity contribution in [3.8, 4) is 5.75 Å². The number of ether oxygens (including phenoxy) is 1. The molecule has 2 aromatic carbocycles. The Labute approximate surface area is 173 Å². The molecule has 2 aliphatic heterocycles. The maximum Gasteiger partial charge on any atom is 0.260 e. The number of halogens is 2. The van der Waals surface area contributed by atoms with Crippen LogP contribution in [0.1, 0.15) is 0 Å². The zero-order valence-electron chi connectivity index (χ0n) is 15.2. The predicted octanol–water partition coefficient (Wildman–Crippen LogP) is 4.03. The lowest BCUT2D eigenvalue weighted by atomic mass is 10.2. The lowest BCUT2D eigenvalue weighted by Gasteiger charge is -2.36. The van der Waals surface area contributed by atoms with E-state index in [9.17, 15) is 4.79 Å². The van der Waals surface area contributed by atoms with E-state index < -0.39 is 0 Å². The lowest BCUT2D eigenvalue weighted by Crippen LogP contribution is -2.50. The first-order valence-electron chi connectivity index (χ1n) is 8.97. The van der Waals surface area contributed by atoms with E-state index in [1.165, 1.54) is 0 Å². The third kappa shape index (κ3) is 3.98. The standard InChI is InChI=1S/C20H20Cl2N4O2/c1-13-23-18-5-3-15(11-19(18)24-13)28-12-20(27)26-8-6-25(7-9-26)14-2-4-16(21)17(22)10-14/h2-5,10-11,23-24H,1,6-9,12H2. The lowest BCUT2D eigenvalue weighted by molar-refractivity contribution is -0.133. The average molecular weight is 419 g/mol. The predicted molar refractivity (Wildman–Crippen MR) is 114 cm³/mol. The van der Waals surface area contributed by atoms with Gasteiger partial charge in [0.1, 0.15) is 11.6 Å². The Morgan fingerprint density at radius 2 is 1.75 bits per heavy atom. The molecule has 1 saturated heterocycles. The number of hydrogen-bond acceptors (Lipinski definition) is 5. The SMILES string of the molecule is C=C1Nc2ccc(OCC(=O)N3CCN(c4ccc(Cl)c(Cl)c4)CC3)cc2N1. The van der Waals surface area contributed by atoms with Gasteiger partial charge in [-0.05, 0) is 30.3 Å². The number of amides is 1. The van der Waals surface area contributed by atoms with Gasteiger partial charge in [-0.25, -0.2) is 0 Å². The van der Waals surface area contributed by atoms with Crippen LogP contribution in [0.3, 0.4) is 0 Å². The fourth-order valence-corrected chi connectivity index (χ4v) is 3.61. The molecule has 2 aromatic rings. The molecule has 4 rings (SSSR count). The summed E-state index contributed by atoms with van der Waals surface area (Å²) in [5.74, 6) is 1.35. The van der Waals surface area contributed by atoms with Crippen molar-refractivity contribution in [2.75, 3.05) is 48.3 Å². The van der Waals surface area contributed by atoms with Gasteiger partial charge in [0, 0.05) is 37.9 Å². The molecule has 8 heteroatoms. The van der Waals surface area contributed by atoms with Gasteiger partial charge in [-0.1, -0.05) is 29.8 Å². The van der Waals surface area contributed by atoms with Gasteiger partial charge < -0.3 is 25.2 Å². The first-order chi connectivity index (χ1) is 13.5. The van der Waals surface area contributed by atoms with Crippen molar-refractivity contribution in [1.82, 2.24) is 4.90 Å². The monoisotopic (exact) mass is 418 g/mol. The minimum Gasteiger partial charge on any atom is -0.484 e. The summed E-state index contributed by atoms with van der Waals surface area (Å²) in [5.41, 5.74) is 2.85. The van der Waals surface area contributed by atoms with Gasteiger partial charge in [-0.2, -0.15) is 0 Å². The molecule has 2 N–H and O–H groups in total. The summed E-state index contributed by atoms with van der Waals surface area (Å²) in [6.45, 7) is 6.59. The molecule has 0 aromatic heterocycles. The summed E-state index contributed by atoms with van der Waals surface area (Å²) in [6.07, 6.45) is 0. The number of fused-ring (bicyclic) bond motifs is 1. The van der Waals surface area contributed by atoms with Gasteiger partial charge in [-0.3, -0.25) is 4.79 Å². The molecule has 0 atom stereocenters. The van der Waals surface area contributed by atoms with Crippen LogP contribution in [0.5, 0.6) is 5.75 Å². The number of benzene rings is 2. The highest BCUT2D eigenvalue weighted by atomic mass is 35.5. The number of rotatable bonds is 4. The Balaban J connectivity index is 1.29. The second kappa shape index (κ2) is 7.81. The van der Waals surface area contributed by atoms with Crippen molar-refractivity contribution < 1.29 is 9.53 Å². The van der Waals surface area contributed by atoms with Crippen LogP contribution in [0.25, 0.3) is 0 Å². The number of anilines is 3. The van der Waals surface area contributed by atoms with Crippen LogP contribution in [-0.4, -0.2) is 43.6 Å². The van der Waals surface area contributed by atoms with E-state index in [0.29, 0.717) is 28.9 Å². The second-order valence-electron chi connectivity index (χ2n) is 6.69. The molecular weight excluding hydrogens is 399 g/mol. The molecule has 28 heavy (non-hydrogen) atoms. The Kier molecular flexibility index (Phi) is 5.24. The molecule has 0 saturated carbocycles. The Morgan fingerprint density at radius 1 is 1.00 bits per heavy atom. The van der Waals surface area contributed by atoms with E-state index in [2.05, 4.69) is 22.1 Å². The number of piperazine rings is 1. The van der Waals surface area contributed by atoms with Crippen LogP contribution in [0.15, 0.2) is 48.8 Å². The van der Waals surface area contributed by atoms with E-state index >= 15 is 0 Å². The largest absolute Gasteiger partial charge is 0.484 e. The van der Waals surface area contributed by atoms with Crippen molar-refractivity contribution in [3.63, 3.8) is 0 Å². The molecule has 0 aliphatic carbocycles. The van der Waals surface area contributed by atoms with Gasteiger partial charge in [-0.15, -0.1) is 0 Å². The summed E-state index contributed by atoms with van der Waals surface area (Å²) in [6, 6.07) is 11.2. The van der Waals surface area contributed by atoms with Crippen molar-refractivity contribution in [2.24, 2.45) is 0 Å². The minimum atomic E-state index is -0.0234. The van der Waals surface area contributed by atoms with Crippen molar-refractivity contribution in [2.45, 2.75) is 0 Å². The highest BCUT2D eigenvalue weighted by Gasteiger charge is 2.22. The smallest absolute Gasteiger partial charge is 0.260 e. The Hall–Kier alpha value is -2.57. The van der Waals surface area contributed by atoms with Gasteiger partial charge in [0.15, 0.2) is 6.61 Å². The Morgan fingerprint density at radius 3 is 2.50 bits per heavy atom. The van der Waals surface area contributed by atoms with Crippen LogP contribution in [0, 0.1) is 0 Å². The molecule has 6 nitrogen and oxygen atoms in total. The number of nitrogens with zero attached hydrogens (tertiary/aromatic N) is 2. The Bertz CT molecular complexity index is 926. The van der Waals surface area contributed by atoms with E-state index in [1.54, 1.807) is 6.07 Å². The summed E-state index contributed by atoms with van der Waals surface area (Å²) in [5, 5.41) is 7.30. The van der Waals surface area contributed by atoms with Gasteiger partial charge in [0.05, 0.1) is 21.4 Å². The summed E-state index contributed by atoms with van der Waals surface area (Å²) >= 11 is 12.1. The molecule has 2 heterocycles. The molecule has 0 radical (unpaired) electrons. The van der Waals surface area contributed by atoms with Crippen molar-refractivity contribution in [1.29, 1.82) is 0 Å². The van der Waals surface area contributed by atoms with Gasteiger partial charge >= 0.3 is 0 Å². The molecular formula is C20H20Cl2N4O2. The number of carbonyl (C=O) groups excluding carboxylic acids is 1. The second-order valence-corrected chi connectivity index (χ2v) is 7.51. The number of nitrogens with one attached hydrogen (secondary N) is 2. The van der Waals surface area contributed by atoms with E-state index in [0.717, 1.165) is 36.0 Å². The average Bonchev–Trinajstić information content (AvgIpc) is 3.07. The summed E-state index contributed by atoms with van der Waals surface area (Å²) < 4.78 is 5.69. The maximum atomic E-state index is 12.5. The van der Waals surface area contributed by atoms with Crippen molar-refractivity contribution >= 4 is 46.2 Å². The third-order valence-corrected chi connectivity index (χ3v) is 5.56. The fraction of sp³-hybridized carbons (Fsp3) is 0.250. The number of carbonyl (C=O) groups is 1. The topological polar surface area (TPSA) is 56.8 Å².